The fraction of sp³-hybridized carbons (Fsp3) is 0. The van der Waals surface area contributed by atoms with Crippen LogP contribution in [0.15, 0.2) is 85.2 Å². The number of fused-ring (bicyclic) bond motifs is 1. The second kappa shape index (κ2) is 6.79. The Morgan fingerprint density at radius 3 is 2.17 bits per heavy atom. The molecule has 0 aliphatic rings. The molecule has 4 rings (SSSR count). The van der Waals surface area contributed by atoms with Gasteiger partial charge in [0.05, 0.1) is 11.2 Å². The summed E-state index contributed by atoms with van der Waals surface area (Å²) in [5.74, 6) is 0. The number of rotatable bonds is 2. The fourth-order valence-corrected chi connectivity index (χ4v) is 2.59. The number of aromatic nitrogens is 2. The molecule has 0 fully saturated rings. The van der Waals surface area contributed by atoms with Crippen LogP contribution in [0.25, 0.3) is 33.3 Å². The summed E-state index contributed by atoms with van der Waals surface area (Å²) in [6.45, 7) is 0. The van der Waals surface area contributed by atoms with Gasteiger partial charge >= 0.3 is 18.9 Å². The molecule has 0 spiro atoms. The second-order valence-corrected chi connectivity index (χ2v) is 5.21. The molecule has 0 unspecified atom stereocenters. The molecular weight excluding hydrogens is 275 g/mol. The van der Waals surface area contributed by atoms with Gasteiger partial charge in [-0.2, -0.15) is 0 Å². The van der Waals surface area contributed by atoms with E-state index in [-0.39, 0.29) is 18.9 Å². The average Bonchev–Trinajstić information content (AvgIpc) is 2.62. The van der Waals surface area contributed by atoms with Crippen LogP contribution in [-0.4, -0.2) is 28.8 Å². The summed E-state index contributed by atoms with van der Waals surface area (Å²) in [5, 5.41) is 1.17. The minimum atomic E-state index is 0. The summed E-state index contributed by atoms with van der Waals surface area (Å²) >= 11 is 0. The van der Waals surface area contributed by atoms with Gasteiger partial charge in [-0.3, -0.25) is 4.98 Å². The summed E-state index contributed by atoms with van der Waals surface area (Å²) in [7, 11) is 0. The molecule has 2 nitrogen and oxygen atoms in total. The summed E-state index contributed by atoms with van der Waals surface area (Å²) in [6, 6.07) is 24.8. The maximum absolute atomic E-state index is 4.74. The predicted octanol–water partition coefficient (Wildman–Crippen LogP) is 4.32. The van der Waals surface area contributed by atoms with Crippen LogP contribution in [-0.2, 0) is 0 Å². The quantitative estimate of drug-likeness (QED) is 0.514. The van der Waals surface area contributed by atoms with Crippen molar-refractivity contribution in [2.45, 2.75) is 0 Å². The molecule has 0 N–H and O–H groups in total. The van der Waals surface area contributed by atoms with Gasteiger partial charge in [0.25, 0.3) is 0 Å². The van der Waals surface area contributed by atoms with Crippen molar-refractivity contribution in [3.05, 3.63) is 85.2 Å². The van der Waals surface area contributed by atoms with E-state index in [0.29, 0.717) is 0 Å². The minimum Gasteiger partial charge on any atom is -0.264 e. The van der Waals surface area contributed by atoms with Crippen LogP contribution in [0.5, 0.6) is 0 Å². The van der Waals surface area contributed by atoms with E-state index >= 15 is 0 Å². The Labute approximate surface area is 147 Å². The molecule has 106 valence electrons. The van der Waals surface area contributed by atoms with Gasteiger partial charge < -0.3 is 0 Å². The van der Waals surface area contributed by atoms with Gasteiger partial charge in [-0.05, 0) is 29.3 Å². The van der Waals surface area contributed by atoms with Crippen molar-refractivity contribution in [1.29, 1.82) is 0 Å². The van der Waals surface area contributed by atoms with E-state index < -0.39 is 0 Å². The maximum Gasteiger partial charge on any atom is 0.0709 e. The predicted molar refractivity (Wildman–Crippen MR) is 97.6 cm³/mol. The number of nitrogens with zero attached hydrogens (tertiary/aromatic N) is 2. The molecule has 23 heavy (non-hydrogen) atoms. The fourth-order valence-electron chi connectivity index (χ4n) is 2.59. The van der Waals surface area contributed by atoms with Crippen molar-refractivity contribution < 1.29 is 0 Å². The number of pyridine rings is 2. The topological polar surface area (TPSA) is 25.8 Å². The van der Waals surface area contributed by atoms with E-state index in [2.05, 4.69) is 53.5 Å². The average molecular weight is 290 g/mol. The summed E-state index contributed by atoms with van der Waals surface area (Å²) in [6.07, 6.45) is 3.67. The SMILES string of the molecule is [LiH].c1cncc(-c2ccc(-c3ccc4ccccc4n3)cc2)c1. The van der Waals surface area contributed by atoms with Crippen molar-refractivity contribution in [3.8, 4) is 22.4 Å². The van der Waals surface area contributed by atoms with Crippen LogP contribution in [0.2, 0.25) is 0 Å². The maximum atomic E-state index is 4.74. The second-order valence-electron chi connectivity index (χ2n) is 5.21. The van der Waals surface area contributed by atoms with Crippen LogP contribution >= 0.6 is 0 Å². The van der Waals surface area contributed by atoms with Crippen LogP contribution < -0.4 is 0 Å². The third kappa shape index (κ3) is 3.19. The molecule has 0 aliphatic heterocycles. The smallest absolute Gasteiger partial charge is 0.0709 e. The van der Waals surface area contributed by atoms with Crippen LogP contribution in [0.4, 0.5) is 0 Å². The zero-order valence-corrected chi connectivity index (χ0v) is 12.0. The Balaban J connectivity index is 0.00000156. The van der Waals surface area contributed by atoms with E-state index in [1.807, 2.05) is 30.5 Å². The van der Waals surface area contributed by atoms with E-state index in [9.17, 15) is 0 Å². The van der Waals surface area contributed by atoms with Gasteiger partial charge in [0.2, 0.25) is 0 Å². The van der Waals surface area contributed by atoms with Crippen molar-refractivity contribution in [2.75, 3.05) is 0 Å². The Morgan fingerprint density at radius 1 is 0.609 bits per heavy atom. The zero-order chi connectivity index (χ0) is 14.8. The van der Waals surface area contributed by atoms with Crippen LogP contribution in [0, 0.1) is 0 Å². The number of hydrogen-bond donors (Lipinski definition) is 0. The molecular formula is C20H15LiN2. The standard InChI is InChI=1S/C20H14N2.Li.H/c1-2-6-19-16(4-1)11-12-20(22-19)17-9-7-15(8-10-17)18-5-3-13-21-14-18;;/h1-14H;;. The third-order valence-electron chi connectivity index (χ3n) is 3.77. The monoisotopic (exact) mass is 290 g/mol. The van der Waals surface area contributed by atoms with Gasteiger partial charge in [-0.25, -0.2) is 4.98 Å². The molecule has 0 radical (unpaired) electrons. The van der Waals surface area contributed by atoms with E-state index in [1.54, 1.807) is 6.20 Å². The van der Waals surface area contributed by atoms with Crippen molar-refractivity contribution in [1.82, 2.24) is 9.97 Å². The summed E-state index contributed by atoms with van der Waals surface area (Å²) < 4.78 is 0. The van der Waals surface area contributed by atoms with Gasteiger partial charge in [-0.1, -0.05) is 54.6 Å². The molecule has 0 atom stereocenters. The van der Waals surface area contributed by atoms with Crippen LogP contribution in [0.3, 0.4) is 0 Å². The number of para-hydroxylation sites is 1. The first-order chi connectivity index (χ1) is 10.9. The van der Waals surface area contributed by atoms with E-state index in [0.717, 1.165) is 27.9 Å². The van der Waals surface area contributed by atoms with E-state index in [4.69, 9.17) is 4.98 Å². The Hall–Kier alpha value is -2.40. The Morgan fingerprint density at radius 2 is 1.39 bits per heavy atom. The molecule has 2 heterocycles. The number of benzene rings is 2. The zero-order valence-electron chi connectivity index (χ0n) is 12.0. The molecule has 2 aromatic carbocycles. The molecule has 0 amide bonds. The van der Waals surface area contributed by atoms with Crippen LogP contribution in [0.1, 0.15) is 0 Å². The van der Waals surface area contributed by atoms with Crippen molar-refractivity contribution >= 4 is 29.8 Å². The van der Waals surface area contributed by atoms with Gasteiger partial charge in [0.1, 0.15) is 0 Å². The first-order valence-corrected chi connectivity index (χ1v) is 7.27. The van der Waals surface area contributed by atoms with Gasteiger partial charge in [0.15, 0.2) is 0 Å². The van der Waals surface area contributed by atoms with Gasteiger partial charge in [-0.15, -0.1) is 0 Å². The minimum absolute atomic E-state index is 0. The Kier molecular flexibility index (Phi) is 4.57. The van der Waals surface area contributed by atoms with E-state index in [1.165, 1.54) is 5.39 Å². The van der Waals surface area contributed by atoms with Gasteiger partial charge in [0, 0.05) is 23.3 Å². The largest absolute Gasteiger partial charge is 0.264 e. The summed E-state index contributed by atoms with van der Waals surface area (Å²) in [5.41, 5.74) is 5.43. The Bertz CT molecular complexity index is 919. The molecule has 0 aliphatic carbocycles. The molecule has 0 bridgehead atoms. The first kappa shape index (κ1) is 15.5. The third-order valence-corrected chi connectivity index (χ3v) is 3.77. The molecule has 0 saturated heterocycles. The normalized spacial score (nSPS) is 10.3. The first-order valence-electron chi connectivity index (χ1n) is 7.27. The molecule has 4 aromatic rings. The number of hydrogen-bond acceptors (Lipinski definition) is 2. The van der Waals surface area contributed by atoms with Crippen molar-refractivity contribution in [3.63, 3.8) is 0 Å². The molecule has 0 saturated carbocycles. The van der Waals surface area contributed by atoms with Crippen molar-refractivity contribution in [2.24, 2.45) is 0 Å². The summed E-state index contributed by atoms with van der Waals surface area (Å²) in [4.78, 5) is 8.90. The molecule has 2 aromatic heterocycles. The molecule has 3 heteroatoms.